The number of amides is 1. The summed E-state index contributed by atoms with van der Waals surface area (Å²) in [7, 11) is -3.91. The quantitative estimate of drug-likeness (QED) is 0.475. The molecule has 134 valence electrons. The molecule has 2 N–H and O–H groups in total. The van der Waals surface area contributed by atoms with Gasteiger partial charge >= 0.3 is 0 Å². The van der Waals surface area contributed by atoms with Gasteiger partial charge in [0.2, 0.25) is 10.0 Å². The molecule has 2 aromatic carbocycles. The number of hydrogen-bond acceptors (Lipinski definition) is 7. The van der Waals surface area contributed by atoms with E-state index >= 15 is 0 Å². The van der Waals surface area contributed by atoms with Gasteiger partial charge in [0, 0.05) is 5.02 Å². The van der Waals surface area contributed by atoms with Crippen LogP contribution in [0.2, 0.25) is 5.02 Å². The van der Waals surface area contributed by atoms with Gasteiger partial charge in [0.05, 0.1) is 24.5 Å². The molecule has 26 heavy (non-hydrogen) atoms. The van der Waals surface area contributed by atoms with Gasteiger partial charge in [-0.05, 0) is 29.8 Å². The minimum Gasteiger partial charge on any atom is -0.272 e. The SMILES string of the molecule is O=C(CNS(=O)(=O)c1cccc2nsnc12)NN=Cc1ccc(Cl)cc1. The van der Waals surface area contributed by atoms with E-state index in [2.05, 4.69) is 24.0 Å². The third-order valence-electron chi connectivity index (χ3n) is 3.23. The lowest BCUT2D eigenvalue weighted by Gasteiger charge is -2.06. The molecule has 0 spiro atoms. The van der Waals surface area contributed by atoms with Crippen molar-refractivity contribution < 1.29 is 13.2 Å². The highest BCUT2D eigenvalue weighted by atomic mass is 35.5. The molecule has 1 aromatic heterocycles. The van der Waals surface area contributed by atoms with Gasteiger partial charge in [0.15, 0.2) is 0 Å². The molecule has 0 aliphatic rings. The number of halogens is 1. The summed E-state index contributed by atoms with van der Waals surface area (Å²) in [5.74, 6) is -0.609. The molecule has 1 heterocycles. The normalized spacial score (nSPS) is 11.9. The van der Waals surface area contributed by atoms with Gasteiger partial charge < -0.3 is 0 Å². The summed E-state index contributed by atoms with van der Waals surface area (Å²) in [6.45, 7) is -0.464. The van der Waals surface area contributed by atoms with Crippen molar-refractivity contribution in [2.24, 2.45) is 5.10 Å². The number of aromatic nitrogens is 2. The van der Waals surface area contributed by atoms with Crippen LogP contribution in [0.4, 0.5) is 0 Å². The Kier molecular flexibility index (Phi) is 5.57. The second kappa shape index (κ2) is 7.87. The maximum atomic E-state index is 12.4. The van der Waals surface area contributed by atoms with Crippen LogP contribution >= 0.6 is 23.3 Å². The largest absolute Gasteiger partial charge is 0.272 e. The Morgan fingerprint density at radius 3 is 2.73 bits per heavy atom. The molecule has 0 saturated heterocycles. The van der Waals surface area contributed by atoms with Crippen LogP contribution in [0.15, 0.2) is 52.5 Å². The summed E-state index contributed by atoms with van der Waals surface area (Å²) in [4.78, 5) is 11.8. The van der Waals surface area contributed by atoms with Gasteiger partial charge in [-0.3, -0.25) is 4.79 Å². The van der Waals surface area contributed by atoms with Crippen LogP contribution in [-0.2, 0) is 14.8 Å². The molecule has 0 aliphatic heterocycles. The van der Waals surface area contributed by atoms with Gasteiger partial charge in [-0.15, -0.1) is 0 Å². The molecule has 0 unspecified atom stereocenters. The van der Waals surface area contributed by atoms with Gasteiger partial charge in [0.1, 0.15) is 15.9 Å². The Morgan fingerprint density at radius 1 is 1.19 bits per heavy atom. The second-order valence-corrected chi connectivity index (χ2v) is 7.76. The first-order valence-corrected chi connectivity index (χ1v) is 9.83. The molecular formula is C15H12ClN5O3S2. The van der Waals surface area contributed by atoms with E-state index in [0.717, 1.165) is 17.3 Å². The fraction of sp³-hybridized carbons (Fsp3) is 0.0667. The standard InChI is InChI=1S/C15H12ClN5O3S2/c16-11-6-4-10(5-7-11)8-17-19-14(22)9-18-26(23,24)13-3-1-2-12-15(13)21-25-20-12/h1-8,18H,9H2,(H,19,22). The molecule has 11 heteroatoms. The molecule has 3 aromatic rings. The summed E-state index contributed by atoms with van der Waals surface area (Å²) in [5.41, 5.74) is 3.73. The van der Waals surface area contributed by atoms with E-state index in [1.165, 1.54) is 12.3 Å². The monoisotopic (exact) mass is 409 g/mol. The van der Waals surface area contributed by atoms with E-state index < -0.39 is 22.5 Å². The molecule has 8 nitrogen and oxygen atoms in total. The van der Waals surface area contributed by atoms with E-state index in [1.807, 2.05) is 0 Å². The summed E-state index contributed by atoms with van der Waals surface area (Å²) in [6, 6.07) is 11.5. The van der Waals surface area contributed by atoms with E-state index in [-0.39, 0.29) is 10.4 Å². The Labute approximate surface area is 158 Å². The summed E-state index contributed by atoms with van der Waals surface area (Å²) < 4.78 is 34.9. The zero-order valence-electron chi connectivity index (χ0n) is 13.1. The van der Waals surface area contributed by atoms with Crippen LogP contribution < -0.4 is 10.1 Å². The predicted octanol–water partition coefficient (Wildman–Crippen LogP) is 1.77. The van der Waals surface area contributed by atoms with E-state index in [0.29, 0.717) is 10.5 Å². The third kappa shape index (κ3) is 4.41. The van der Waals surface area contributed by atoms with Gasteiger partial charge in [0.25, 0.3) is 5.91 Å². The zero-order chi connectivity index (χ0) is 18.6. The van der Waals surface area contributed by atoms with Crippen molar-refractivity contribution >= 4 is 56.5 Å². The summed E-state index contributed by atoms with van der Waals surface area (Å²) in [5, 5.41) is 4.35. The zero-order valence-corrected chi connectivity index (χ0v) is 15.5. The van der Waals surface area contributed by atoms with Crippen LogP contribution in [0.5, 0.6) is 0 Å². The van der Waals surface area contributed by atoms with Gasteiger partial charge in [-0.25, -0.2) is 18.6 Å². The van der Waals surface area contributed by atoms with Crippen LogP contribution in [0.1, 0.15) is 5.56 Å². The smallest absolute Gasteiger partial charge is 0.255 e. The van der Waals surface area contributed by atoms with Crippen molar-refractivity contribution in [1.82, 2.24) is 18.9 Å². The number of benzene rings is 2. The van der Waals surface area contributed by atoms with Crippen molar-refractivity contribution in [1.29, 1.82) is 0 Å². The van der Waals surface area contributed by atoms with Crippen LogP contribution in [0.3, 0.4) is 0 Å². The number of hydrazone groups is 1. The lowest BCUT2D eigenvalue weighted by atomic mass is 10.2. The topological polar surface area (TPSA) is 113 Å². The highest BCUT2D eigenvalue weighted by Crippen LogP contribution is 2.20. The lowest BCUT2D eigenvalue weighted by Crippen LogP contribution is -2.35. The van der Waals surface area contributed by atoms with Crippen molar-refractivity contribution in [3.8, 4) is 0 Å². The summed E-state index contributed by atoms with van der Waals surface area (Å²) >= 11 is 6.69. The number of nitrogens with one attached hydrogen (secondary N) is 2. The lowest BCUT2D eigenvalue weighted by molar-refractivity contribution is -0.119. The Balaban J connectivity index is 1.60. The van der Waals surface area contributed by atoms with Crippen molar-refractivity contribution in [3.63, 3.8) is 0 Å². The van der Waals surface area contributed by atoms with Crippen molar-refractivity contribution in [3.05, 3.63) is 53.1 Å². The molecule has 0 radical (unpaired) electrons. The first kappa shape index (κ1) is 18.4. The fourth-order valence-corrected chi connectivity index (χ4v) is 3.88. The molecule has 0 fully saturated rings. The molecule has 0 atom stereocenters. The molecule has 3 rings (SSSR count). The number of rotatable bonds is 6. The number of nitrogens with zero attached hydrogens (tertiary/aromatic N) is 3. The minimum atomic E-state index is -3.91. The highest BCUT2D eigenvalue weighted by molar-refractivity contribution is 7.89. The number of fused-ring (bicyclic) bond motifs is 1. The van der Waals surface area contributed by atoms with E-state index in [1.54, 1.807) is 36.4 Å². The maximum absolute atomic E-state index is 12.4. The molecular weight excluding hydrogens is 398 g/mol. The number of carbonyl (C=O) groups excluding carboxylic acids is 1. The van der Waals surface area contributed by atoms with Crippen molar-refractivity contribution in [2.45, 2.75) is 4.90 Å². The van der Waals surface area contributed by atoms with Gasteiger partial charge in [-0.2, -0.15) is 13.8 Å². The minimum absolute atomic E-state index is 0.0267. The maximum Gasteiger partial charge on any atom is 0.255 e. The van der Waals surface area contributed by atoms with Crippen LogP contribution in [0, 0.1) is 0 Å². The Bertz CT molecular complexity index is 1060. The predicted molar refractivity (Wildman–Crippen MR) is 99.8 cm³/mol. The summed E-state index contributed by atoms with van der Waals surface area (Å²) in [6.07, 6.45) is 1.42. The van der Waals surface area contributed by atoms with Crippen molar-refractivity contribution in [2.75, 3.05) is 6.54 Å². The fourth-order valence-electron chi connectivity index (χ4n) is 2.00. The average molecular weight is 410 g/mol. The van der Waals surface area contributed by atoms with Gasteiger partial charge in [-0.1, -0.05) is 29.8 Å². The molecule has 1 amide bonds. The van der Waals surface area contributed by atoms with E-state index in [9.17, 15) is 13.2 Å². The number of carbonyl (C=O) groups is 1. The molecule has 0 aliphatic carbocycles. The Morgan fingerprint density at radius 2 is 1.96 bits per heavy atom. The Hall–Kier alpha value is -2.40. The van der Waals surface area contributed by atoms with E-state index in [4.69, 9.17) is 11.6 Å². The third-order valence-corrected chi connectivity index (χ3v) is 5.46. The first-order valence-electron chi connectivity index (χ1n) is 7.24. The van der Waals surface area contributed by atoms with Crippen LogP contribution in [-0.4, -0.2) is 35.8 Å². The van der Waals surface area contributed by atoms with Crippen LogP contribution in [0.25, 0.3) is 11.0 Å². The number of sulfonamides is 1. The molecule has 0 bridgehead atoms. The number of hydrogen-bond donors (Lipinski definition) is 2. The average Bonchev–Trinajstić information content (AvgIpc) is 3.10. The first-order chi connectivity index (χ1) is 12.5. The second-order valence-electron chi connectivity index (χ2n) is 5.06. The molecule has 0 saturated carbocycles. The highest BCUT2D eigenvalue weighted by Gasteiger charge is 2.20.